The smallest absolute Gasteiger partial charge is 0.251 e. The predicted octanol–water partition coefficient (Wildman–Crippen LogP) is 1.94. The van der Waals surface area contributed by atoms with Crippen molar-refractivity contribution in [2.24, 2.45) is 0 Å². The number of hydrogen-bond donors (Lipinski definition) is 2. The molecule has 0 aliphatic rings. The second kappa shape index (κ2) is 6.24. The summed E-state index contributed by atoms with van der Waals surface area (Å²) in [5.41, 5.74) is 6.60. The van der Waals surface area contributed by atoms with E-state index in [0.717, 1.165) is 13.0 Å². The number of aromatic nitrogens is 2. The molecule has 0 aliphatic heterocycles. The van der Waals surface area contributed by atoms with E-state index in [1.54, 1.807) is 30.7 Å². The largest absolute Gasteiger partial charge is 0.399 e. The van der Waals surface area contributed by atoms with Crippen LogP contribution in [0.15, 0.2) is 36.9 Å². The number of hydrogen-bond acceptors (Lipinski definition) is 3. The number of nitrogens with two attached hydrogens (primary N) is 1. The van der Waals surface area contributed by atoms with Crippen molar-refractivity contribution in [2.45, 2.75) is 13.0 Å². The van der Waals surface area contributed by atoms with Crippen molar-refractivity contribution < 1.29 is 4.79 Å². The van der Waals surface area contributed by atoms with Crippen LogP contribution < -0.4 is 11.1 Å². The van der Waals surface area contributed by atoms with E-state index in [-0.39, 0.29) is 5.91 Å². The monoisotopic (exact) mass is 278 g/mol. The van der Waals surface area contributed by atoms with E-state index in [1.165, 1.54) is 0 Å². The molecule has 0 saturated carbocycles. The molecule has 0 saturated heterocycles. The predicted molar refractivity (Wildman–Crippen MR) is 75.0 cm³/mol. The number of benzene rings is 1. The maximum atomic E-state index is 11.9. The summed E-state index contributed by atoms with van der Waals surface area (Å²) in [4.78, 5) is 15.8. The molecule has 0 bridgehead atoms. The summed E-state index contributed by atoms with van der Waals surface area (Å²) in [7, 11) is 0. The van der Waals surface area contributed by atoms with Crippen molar-refractivity contribution in [3.63, 3.8) is 0 Å². The van der Waals surface area contributed by atoms with Crippen LogP contribution in [-0.2, 0) is 6.54 Å². The topological polar surface area (TPSA) is 72.9 Å². The van der Waals surface area contributed by atoms with Gasteiger partial charge >= 0.3 is 0 Å². The van der Waals surface area contributed by atoms with E-state index >= 15 is 0 Å². The number of nitrogens with one attached hydrogen (secondary N) is 1. The molecule has 3 N–H and O–H groups in total. The fraction of sp³-hybridized carbons (Fsp3) is 0.231. The Morgan fingerprint density at radius 3 is 2.95 bits per heavy atom. The normalized spacial score (nSPS) is 10.4. The zero-order valence-electron chi connectivity index (χ0n) is 10.3. The molecule has 1 heterocycles. The van der Waals surface area contributed by atoms with E-state index in [2.05, 4.69) is 10.3 Å². The van der Waals surface area contributed by atoms with Crippen LogP contribution in [-0.4, -0.2) is 22.0 Å². The summed E-state index contributed by atoms with van der Waals surface area (Å²) in [6, 6.07) is 4.82. The van der Waals surface area contributed by atoms with E-state index in [0.29, 0.717) is 22.8 Å². The van der Waals surface area contributed by atoms with Gasteiger partial charge in [0.05, 0.1) is 6.33 Å². The lowest BCUT2D eigenvalue weighted by Gasteiger charge is -2.07. The van der Waals surface area contributed by atoms with Gasteiger partial charge in [0, 0.05) is 41.8 Å². The van der Waals surface area contributed by atoms with Crippen LogP contribution in [0.5, 0.6) is 0 Å². The van der Waals surface area contributed by atoms with E-state index in [4.69, 9.17) is 17.3 Å². The first-order valence-corrected chi connectivity index (χ1v) is 6.33. The van der Waals surface area contributed by atoms with Gasteiger partial charge in [0.1, 0.15) is 0 Å². The molecule has 5 nitrogen and oxygen atoms in total. The van der Waals surface area contributed by atoms with Crippen LogP contribution in [0, 0.1) is 0 Å². The van der Waals surface area contributed by atoms with Gasteiger partial charge in [-0.3, -0.25) is 4.79 Å². The molecule has 0 atom stereocenters. The number of carbonyl (C=O) groups excluding carboxylic acids is 1. The SMILES string of the molecule is Nc1cc(Cl)cc(C(=O)NCCCn2ccnc2)c1. The number of nitrogens with zero attached hydrogens (tertiary/aromatic N) is 2. The second-order valence-electron chi connectivity index (χ2n) is 4.18. The molecule has 2 aromatic rings. The Morgan fingerprint density at radius 2 is 2.26 bits per heavy atom. The zero-order valence-corrected chi connectivity index (χ0v) is 11.1. The first-order valence-electron chi connectivity index (χ1n) is 5.95. The van der Waals surface area contributed by atoms with Gasteiger partial charge in [-0.2, -0.15) is 0 Å². The number of carbonyl (C=O) groups is 1. The van der Waals surface area contributed by atoms with Gasteiger partial charge in [0.2, 0.25) is 0 Å². The van der Waals surface area contributed by atoms with Gasteiger partial charge in [0.15, 0.2) is 0 Å². The molecule has 0 unspecified atom stereocenters. The van der Waals surface area contributed by atoms with Crippen LogP contribution in [0.25, 0.3) is 0 Å². The van der Waals surface area contributed by atoms with E-state index in [9.17, 15) is 4.79 Å². The molecule has 0 radical (unpaired) electrons. The molecular weight excluding hydrogens is 264 g/mol. The molecule has 0 fully saturated rings. The van der Waals surface area contributed by atoms with Gasteiger partial charge in [-0.1, -0.05) is 11.6 Å². The number of amides is 1. The van der Waals surface area contributed by atoms with Crippen molar-refractivity contribution in [3.8, 4) is 0 Å². The fourth-order valence-corrected chi connectivity index (χ4v) is 1.97. The Balaban J connectivity index is 1.80. The highest BCUT2D eigenvalue weighted by molar-refractivity contribution is 6.31. The Kier molecular flexibility index (Phi) is 4.41. The number of rotatable bonds is 5. The highest BCUT2D eigenvalue weighted by Gasteiger charge is 2.06. The summed E-state index contributed by atoms with van der Waals surface area (Å²) >= 11 is 5.85. The maximum absolute atomic E-state index is 11.9. The third kappa shape index (κ3) is 3.99. The van der Waals surface area contributed by atoms with Gasteiger partial charge in [-0.15, -0.1) is 0 Å². The van der Waals surface area contributed by atoms with Crippen molar-refractivity contribution in [3.05, 3.63) is 47.5 Å². The Labute approximate surface area is 116 Å². The summed E-state index contributed by atoms with van der Waals surface area (Å²) in [5.74, 6) is -0.167. The van der Waals surface area contributed by atoms with E-state index in [1.807, 2.05) is 10.8 Å². The number of imidazole rings is 1. The fourth-order valence-electron chi connectivity index (χ4n) is 1.73. The molecule has 100 valence electrons. The minimum absolute atomic E-state index is 0.167. The molecule has 6 heteroatoms. The average molecular weight is 279 g/mol. The number of halogens is 1. The first-order chi connectivity index (χ1) is 9.15. The molecule has 1 aromatic carbocycles. The summed E-state index contributed by atoms with van der Waals surface area (Å²) in [6.45, 7) is 1.40. The van der Waals surface area contributed by atoms with Gasteiger partial charge in [-0.25, -0.2) is 4.98 Å². The molecule has 19 heavy (non-hydrogen) atoms. The Morgan fingerprint density at radius 1 is 1.42 bits per heavy atom. The molecule has 1 amide bonds. The van der Waals surface area contributed by atoms with Gasteiger partial charge < -0.3 is 15.6 Å². The van der Waals surface area contributed by atoms with Crippen LogP contribution in [0.1, 0.15) is 16.8 Å². The lowest BCUT2D eigenvalue weighted by atomic mass is 10.2. The number of anilines is 1. The average Bonchev–Trinajstić information content (AvgIpc) is 2.86. The Hall–Kier alpha value is -2.01. The number of nitrogen functional groups attached to an aromatic ring is 1. The second-order valence-corrected chi connectivity index (χ2v) is 4.62. The van der Waals surface area contributed by atoms with Gasteiger partial charge in [0.25, 0.3) is 5.91 Å². The van der Waals surface area contributed by atoms with Crippen molar-refractivity contribution >= 4 is 23.2 Å². The zero-order chi connectivity index (χ0) is 13.7. The Bertz CT molecular complexity index is 534. The molecular formula is C13H15ClN4O. The van der Waals surface area contributed by atoms with Crippen LogP contribution in [0.4, 0.5) is 5.69 Å². The third-order valence-corrected chi connectivity index (χ3v) is 2.84. The summed E-state index contributed by atoms with van der Waals surface area (Å²) in [6.07, 6.45) is 6.20. The van der Waals surface area contributed by atoms with Crippen molar-refractivity contribution in [1.29, 1.82) is 0 Å². The third-order valence-electron chi connectivity index (χ3n) is 2.62. The highest BCUT2D eigenvalue weighted by atomic mass is 35.5. The highest BCUT2D eigenvalue weighted by Crippen LogP contribution is 2.16. The molecule has 2 rings (SSSR count). The maximum Gasteiger partial charge on any atom is 0.251 e. The summed E-state index contributed by atoms with van der Waals surface area (Å²) in [5, 5.41) is 3.29. The van der Waals surface area contributed by atoms with E-state index < -0.39 is 0 Å². The van der Waals surface area contributed by atoms with Crippen LogP contribution in [0.3, 0.4) is 0 Å². The number of aryl methyl sites for hydroxylation is 1. The molecule has 0 aliphatic carbocycles. The lowest BCUT2D eigenvalue weighted by molar-refractivity contribution is 0.0953. The standard InChI is InChI=1S/C13H15ClN4O/c14-11-6-10(7-12(15)8-11)13(19)17-2-1-4-18-5-3-16-9-18/h3,5-9H,1-2,4,15H2,(H,17,19). The lowest BCUT2D eigenvalue weighted by Crippen LogP contribution is -2.25. The van der Waals surface area contributed by atoms with Crippen LogP contribution >= 0.6 is 11.6 Å². The minimum atomic E-state index is -0.167. The summed E-state index contributed by atoms with van der Waals surface area (Å²) < 4.78 is 1.96. The van der Waals surface area contributed by atoms with Crippen molar-refractivity contribution in [1.82, 2.24) is 14.9 Å². The quantitative estimate of drug-likeness (QED) is 0.648. The van der Waals surface area contributed by atoms with Crippen LogP contribution in [0.2, 0.25) is 5.02 Å². The first kappa shape index (κ1) is 13.4. The minimum Gasteiger partial charge on any atom is -0.399 e. The van der Waals surface area contributed by atoms with Gasteiger partial charge in [-0.05, 0) is 24.6 Å². The molecule has 1 aromatic heterocycles. The molecule has 0 spiro atoms. The van der Waals surface area contributed by atoms with Crippen molar-refractivity contribution in [2.75, 3.05) is 12.3 Å².